The largest absolute Gasteiger partial charge is 0.374 e. The number of hydrazine groups is 1. The molecule has 1 aliphatic heterocycles. The van der Waals surface area contributed by atoms with E-state index in [1.165, 1.54) is 0 Å². The number of anilines is 2. The smallest absolute Gasteiger partial charge is 0.145 e. The number of nitrogen functional groups attached to an aromatic ring is 1. The van der Waals surface area contributed by atoms with Crippen molar-refractivity contribution in [2.24, 2.45) is 5.84 Å². The number of nitrogens with zero attached hydrogens (tertiary/aromatic N) is 3. The topological polar surface area (TPSA) is 88.3 Å². The maximum Gasteiger partial charge on any atom is 0.145 e. The number of aromatic nitrogens is 2. The number of likely N-dealkylation sites (N-methyl/N-ethyl adjacent to an activating group) is 1. The van der Waals surface area contributed by atoms with Crippen molar-refractivity contribution < 1.29 is 4.74 Å². The lowest BCUT2D eigenvalue weighted by molar-refractivity contribution is -0.0192. The van der Waals surface area contributed by atoms with Crippen LogP contribution in [0.3, 0.4) is 0 Å². The van der Waals surface area contributed by atoms with E-state index in [0.717, 1.165) is 57.3 Å². The van der Waals surface area contributed by atoms with Crippen molar-refractivity contribution in [3.05, 3.63) is 11.9 Å². The molecule has 4 N–H and O–H groups in total. The molecule has 0 spiro atoms. The molecule has 2 heterocycles. The summed E-state index contributed by atoms with van der Waals surface area (Å²) in [4.78, 5) is 11.2. The Bertz CT molecular complexity index is 441. The van der Waals surface area contributed by atoms with Crippen LogP contribution in [0.2, 0.25) is 0 Å². The maximum absolute atomic E-state index is 5.78. The zero-order chi connectivity index (χ0) is 15.1. The number of nitrogens with one attached hydrogen (secondary N) is 2. The van der Waals surface area contributed by atoms with E-state index in [-0.39, 0.29) is 6.10 Å². The second-order valence-electron chi connectivity index (χ2n) is 5.22. The Labute approximate surface area is 126 Å². The van der Waals surface area contributed by atoms with Gasteiger partial charge in [0.25, 0.3) is 0 Å². The van der Waals surface area contributed by atoms with Gasteiger partial charge < -0.3 is 15.5 Å². The molecule has 0 aliphatic carbocycles. The van der Waals surface area contributed by atoms with E-state index < -0.39 is 0 Å². The fourth-order valence-electron chi connectivity index (χ4n) is 2.41. The second kappa shape index (κ2) is 8.11. The molecule has 0 saturated carbocycles. The van der Waals surface area contributed by atoms with Gasteiger partial charge in [-0.3, -0.25) is 4.90 Å². The average molecular weight is 294 g/mol. The van der Waals surface area contributed by atoms with Crippen LogP contribution in [0.25, 0.3) is 0 Å². The molecular weight excluding hydrogens is 268 g/mol. The molecule has 0 aromatic carbocycles. The Hall–Kier alpha value is -1.44. The molecule has 1 fully saturated rings. The summed E-state index contributed by atoms with van der Waals surface area (Å²) in [6, 6.07) is 1.82. The molecule has 7 nitrogen and oxygen atoms in total. The highest BCUT2D eigenvalue weighted by atomic mass is 16.5. The highest BCUT2D eigenvalue weighted by Gasteiger charge is 2.19. The van der Waals surface area contributed by atoms with E-state index in [1.807, 2.05) is 6.07 Å². The van der Waals surface area contributed by atoms with E-state index in [0.29, 0.717) is 5.82 Å². The van der Waals surface area contributed by atoms with Gasteiger partial charge in [0.1, 0.15) is 17.5 Å². The van der Waals surface area contributed by atoms with Gasteiger partial charge in [0, 0.05) is 32.1 Å². The van der Waals surface area contributed by atoms with Crippen LogP contribution in [-0.4, -0.2) is 53.8 Å². The summed E-state index contributed by atoms with van der Waals surface area (Å²) in [6.45, 7) is 8.85. The highest BCUT2D eigenvalue weighted by Crippen LogP contribution is 2.13. The second-order valence-corrected chi connectivity index (χ2v) is 5.22. The number of morpholine rings is 1. The molecule has 118 valence electrons. The Kier molecular flexibility index (Phi) is 6.16. The molecule has 1 saturated heterocycles. The van der Waals surface area contributed by atoms with Crippen molar-refractivity contribution in [3.63, 3.8) is 0 Å². The summed E-state index contributed by atoms with van der Waals surface area (Å²) in [5.74, 6) is 7.69. The maximum atomic E-state index is 5.78. The van der Waals surface area contributed by atoms with E-state index in [2.05, 4.69) is 39.5 Å². The zero-order valence-corrected chi connectivity index (χ0v) is 12.9. The minimum atomic E-state index is 0.192. The van der Waals surface area contributed by atoms with Crippen molar-refractivity contribution >= 4 is 11.6 Å². The van der Waals surface area contributed by atoms with Crippen LogP contribution < -0.4 is 16.6 Å². The van der Waals surface area contributed by atoms with E-state index in [4.69, 9.17) is 10.6 Å². The van der Waals surface area contributed by atoms with Gasteiger partial charge >= 0.3 is 0 Å². The fraction of sp³-hybridized carbons (Fsp3) is 0.714. The molecule has 0 bridgehead atoms. The van der Waals surface area contributed by atoms with Crippen LogP contribution in [-0.2, 0) is 11.2 Å². The Morgan fingerprint density at radius 3 is 2.90 bits per heavy atom. The van der Waals surface area contributed by atoms with Crippen molar-refractivity contribution in [1.29, 1.82) is 0 Å². The van der Waals surface area contributed by atoms with Crippen molar-refractivity contribution in [2.45, 2.75) is 32.8 Å². The number of hydrogen-bond donors (Lipinski definition) is 3. The average Bonchev–Trinajstić information content (AvgIpc) is 2.53. The van der Waals surface area contributed by atoms with Gasteiger partial charge in [0.15, 0.2) is 0 Å². The van der Waals surface area contributed by atoms with Crippen LogP contribution in [0.15, 0.2) is 6.07 Å². The molecule has 7 heteroatoms. The summed E-state index contributed by atoms with van der Waals surface area (Å²) in [7, 11) is 0. The quantitative estimate of drug-likeness (QED) is 0.507. The minimum absolute atomic E-state index is 0.192. The van der Waals surface area contributed by atoms with E-state index in [1.54, 1.807) is 0 Å². The molecule has 1 unspecified atom stereocenters. The lowest BCUT2D eigenvalue weighted by atomic mass is 10.2. The summed E-state index contributed by atoms with van der Waals surface area (Å²) in [5, 5.41) is 3.33. The van der Waals surface area contributed by atoms with Crippen LogP contribution in [0.1, 0.15) is 26.1 Å². The molecule has 2 rings (SSSR count). The number of hydrogen-bond acceptors (Lipinski definition) is 7. The monoisotopic (exact) mass is 294 g/mol. The van der Waals surface area contributed by atoms with Crippen molar-refractivity contribution in [2.75, 3.05) is 43.5 Å². The third-order valence-corrected chi connectivity index (χ3v) is 3.57. The van der Waals surface area contributed by atoms with Gasteiger partial charge in [-0.15, -0.1) is 0 Å². The van der Waals surface area contributed by atoms with E-state index in [9.17, 15) is 0 Å². The molecular formula is C14H26N6O. The van der Waals surface area contributed by atoms with Gasteiger partial charge in [-0.1, -0.05) is 13.8 Å². The number of ether oxygens (including phenoxy) is 1. The van der Waals surface area contributed by atoms with Gasteiger partial charge in [0.05, 0.1) is 12.7 Å². The van der Waals surface area contributed by atoms with Gasteiger partial charge in [-0.25, -0.2) is 15.8 Å². The van der Waals surface area contributed by atoms with Gasteiger partial charge in [-0.05, 0) is 13.0 Å². The zero-order valence-electron chi connectivity index (χ0n) is 12.9. The predicted molar refractivity (Wildman–Crippen MR) is 84.2 cm³/mol. The van der Waals surface area contributed by atoms with Crippen LogP contribution >= 0.6 is 0 Å². The summed E-state index contributed by atoms with van der Waals surface area (Å²) in [5.41, 5.74) is 2.59. The third kappa shape index (κ3) is 4.80. The first-order valence-corrected chi connectivity index (χ1v) is 7.67. The van der Waals surface area contributed by atoms with Crippen LogP contribution in [0.4, 0.5) is 11.6 Å². The first-order valence-electron chi connectivity index (χ1n) is 7.67. The summed E-state index contributed by atoms with van der Waals surface area (Å²) in [6.07, 6.45) is 2.04. The molecule has 1 aromatic rings. The number of nitrogens with two attached hydrogens (primary N) is 1. The van der Waals surface area contributed by atoms with Crippen LogP contribution in [0, 0.1) is 0 Å². The Balaban J connectivity index is 1.93. The lowest BCUT2D eigenvalue weighted by Crippen LogP contribution is -2.45. The molecule has 0 amide bonds. The van der Waals surface area contributed by atoms with E-state index >= 15 is 0 Å². The normalized spacial score (nSPS) is 19.5. The summed E-state index contributed by atoms with van der Waals surface area (Å²) >= 11 is 0. The molecule has 0 radical (unpaired) electrons. The fourth-order valence-corrected chi connectivity index (χ4v) is 2.41. The standard InChI is InChI=1S/C14H26N6O/c1-3-5-12-17-13(8-14(18-12)19-15)16-9-11-10-20(4-2)6-7-21-11/h8,11H,3-7,9-10,15H2,1-2H3,(H2,16,17,18,19). The summed E-state index contributed by atoms with van der Waals surface area (Å²) < 4.78 is 5.78. The predicted octanol–water partition coefficient (Wildman–Crippen LogP) is 0.847. The number of rotatable bonds is 7. The molecule has 1 atom stereocenters. The first-order chi connectivity index (χ1) is 10.2. The molecule has 1 aliphatic rings. The van der Waals surface area contributed by atoms with Gasteiger partial charge in [-0.2, -0.15) is 0 Å². The highest BCUT2D eigenvalue weighted by molar-refractivity contribution is 5.46. The van der Waals surface area contributed by atoms with Crippen LogP contribution in [0.5, 0.6) is 0 Å². The lowest BCUT2D eigenvalue weighted by Gasteiger charge is -2.32. The Morgan fingerprint density at radius 2 is 2.19 bits per heavy atom. The Morgan fingerprint density at radius 1 is 1.38 bits per heavy atom. The van der Waals surface area contributed by atoms with Crippen molar-refractivity contribution in [1.82, 2.24) is 14.9 Å². The van der Waals surface area contributed by atoms with Gasteiger partial charge in [0.2, 0.25) is 0 Å². The van der Waals surface area contributed by atoms with Crippen molar-refractivity contribution in [3.8, 4) is 0 Å². The third-order valence-electron chi connectivity index (χ3n) is 3.57. The number of aryl methyl sites for hydroxylation is 1. The minimum Gasteiger partial charge on any atom is -0.374 e. The SMILES string of the molecule is CCCc1nc(NN)cc(NCC2CN(CC)CCO2)n1. The first kappa shape index (κ1) is 15.9. The molecule has 21 heavy (non-hydrogen) atoms. The molecule has 1 aromatic heterocycles.